The minimum Gasteiger partial charge on any atom is -0.388 e. The van der Waals surface area contributed by atoms with Gasteiger partial charge in [-0.05, 0) is 32.6 Å². The number of nitrogens with zero attached hydrogens (tertiary/aromatic N) is 1. The number of hydrogen-bond donors (Lipinski definition) is 1. The Kier molecular flexibility index (Phi) is 5.98. The normalized spacial score (nSPS) is 17.4. The molecule has 1 rings (SSSR count). The smallest absolute Gasteiger partial charge is 0.248 e. The summed E-state index contributed by atoms with van der Waals surface area (Å²) in [6.45, 7) is 6.96. The van der Waals surface area contributed by atoms with Gasteiger partial charge in [0.25, 0.3) is 0 Å². The van der Waals surface area contributed by atoms with Crippen LogP contribution in [0.25, 0.3) is 0 Å². The van der Waals surface area contributed by atoms with Gasteiger partial charge in [0.05, 0.1) is 0 Å². The van der Waals surface area contributed by atoms with E-state index in [-0.39, 0.29) is 5.91 Å². The number of carbonyl (C=O) groups excluding carboxylic acids is 1. The van der Waals surface area contributed by atoms with E-state index in [1.165, 1.54) is 12.8 Å². The van der Waals surface area contributed by atoms with Gasteiger partial charge in [0, 0.05) is 31.4 Å². The van der Waals surface area contributed by atoms with Gasteiger partial charge in [-0.25, -0.2) is 0 Å². The average Bonchev–Trinajstić information content (AvgIpc) is 2.30. The fourth-order valence-corrected chi connectivity index (χ4v) is 1.90. The third kappa shape index (κ3) is 4.69. The van der Waals surface area contributed by atoms with Crippen molar-refractivity contribution in [3.8, 4) is 0 Å². The summed E-state index contributed by atoms with van der Waals surface area (Å²) in [5.74, 6) is 0.168. The molecule has 1 saturated heterocycles. The first-order valence-corrected chi connectivity index (χ1v) is 6.45. The molecule has 0 radical (unpaired) electrons. The number of amides is 1. The van der Waals surface area contributed by atoms with E-state index in [2.05, 4.69) is 12.2 Å². The van der Waals surface area contributed by atoms with Crippen LogP contribution >= 0.6 is 0 Å². The molecule has 1 fully saturated rings. The minimum absolute atomic E-state index is 0.168. The maximum Gasteiger partial charge on any atom is 0.248 e. The van der Waals surface area contributed by atoms with Gasteiger partial charge in [0.2, 0.25) is 5.91 Å². The summed E-state index contributed by atoms with van der Waals surface area (Å²) < 4.78 is 0. The maximum atomic E-state index is 11.9. The van der Waals surface area contributed by atoms with Crippen LogP contribution in [0.5, 0.6) is 0 Å². The lowest BCUT2D eigenvalue weighted by Gasteiger charge is -2.25. The van der Waals surface area contributed by atoms with Crippen LogP contribution in [-0.4, -0.2) is 30.4 Å². The third-order valence-electron chi connectivity index (χ3n) is 2.94. The van der Waals surface area contributed by atoms with Crippen molar-refractivity contribution in [1.82, 2.24) is 10.2 Å². The summed E-state index contributed by atoms with van der Waals surface area (Å²) in [5, 5.41) is 3.27. The van der Waals surface area contributed by atoms with Crippen molar-refractivity contribution in [2.45, 2.75) is 46.0 Å². The summed E-state index contributed by atoms with van der Waals surface area (Å²) >= 11 is 0. The van der Waals surface area contributed by atoms with Crippen molar-refractivity contribution >= 4 is 5.91 Å². The number of nitrogens with one attached hydrogen (secondary N) is 1. The highest BCUT2D eigenvalue weighted by Gasteiger charge is 2.14. The predicted octanol–water partition coefficient (Wildman–Crippen LogP) is 2.29. The van der Waals surface area contributed by atoms with Gasteiger partial charge >= 0.3 is 0 Å². The lowest BCUT2D eigenvalue weighted by molar-refractivity contribution is -0.126. The molecule has 0 unspecified atom stereocenters. The Hall–Kier alpha value is -0.990. The lowest BCUT2D eigenvalue weighted by Crippen LogP contribution is -2.35. The average molecular weight is 224 g/mol. The molecule has 0 bridgehead atoms. The molecule has 0 atom stereocenters. The molecule has 1 aliphatic rings. The third-order valence-corrected chi connectivity index (χ3v) is 2.94. The van der Waals surface area contributed by atoms with Crippen LogP contribution in [0.2, 0.25) is 0 Å². The van der Waals surface area contributed by atoms with Gasteiger partial charge in [-0.3, -0.25) is 4.79 Å². The zero-order valence-electron chi connectivity index (χ0n) is 10.6. The van der Waals surface area contributed by atoms with E-state index in [0.29, 0.717) is 0 Å². The molecule has 1 heterocycles. The Morgan fingerprint density at radius 1 is 1.31 bits per heavy atom. The first-order chi connectivity index (χ1) is 7.74. The molecular weight excluding hydrogens is 200 g/mol. The van der Waals surface area contributed by atoms with E-state index >= 15 is 0 Å². The van der Waals surface area contributed by atoms with E-state index in [1.54, 1.807) is 6.08 Å². The van der Waals surface area contributed by atoms with E-state index in [9.17, 15) is 4.79 Å². The van der Waals surface area contributed by atoms with Gasteiger partial charge in [-0.1, -0.05) is 13.3 Å². The van der Waals surface area contributed by atoms with Gasteiger partial charge < -0.3 is 10.2 Å². The number of allylic oxidation sites excluding steroid dienone is 1. The predicted molar refractivity (Wildman–Crippen MR) is 67.1 cm³/mol. The van der Waals surface area contributed by atoms with Crippen molar-refractivity contribution < 1.29 is 4.79 Å². The molecule has 16 heavy (non-hydrogen) atoms. The number of piperidine rings is 1. The Balaban J connectivity index is 2.32. The summed E-state index contributed by atoms with van der Waals surface area (Å²) in [6, 6.07) is 0. The molecule has 0 aliphatic carbocycles. The first-order valence-electron chi connectivity index (χ1n) is 6.45. The standard InChI is InChI=1S/C13H24N2O/c1-3-4-8-14-12(2)11-13(16)15-9-6-5-7-10-15/h11,14H,3-10H2,1-2H3. The van der Waals surface area contributed by atoms with Crippen molar-refractivity contribution in [3.05, 3.63) is 11.8 Å². The Morgan fingerprint density at radius 2 is 2.00 bits per heavy atom. The fourth-order valence-electron chi connectivity index (χ4n) is 1.90. The van der Waals surface area contributed by atoms with Gasteiger partial charge in [-0.2, -0.15) is 0 Å². The first kappa shape index (κ1) is 13.1. The molecule has 1 N–H and O–H groups in total. The minimum atomic E-state index is 0.168. The molecule has 0 aromatic heterocycles. The number of rotatable bonds is 5. The summed E-state index contributed by atoms with van der Waals surface area (Å²) in [6.07, 6.45) is 7.65. The number of hydrogen-bond acceptors (Lipinski definition) is 2. The Labute approximate surface area is 98.9 Å². The molecule has 3 nitrogen and oxygen atoms in total. The quantitative estimate of drug-likeness (QED) is 0.574. The van der Waals surface area contributed by atoms with Crippen molar-refractivity contribution in [3.63, 3.8) is 0 Å². The second kappa shape index (κ2) is 7.31. The van der Waals surface area contributed by atoms with Crippen molar-refractivity contribution in [2.75, 3.05) is 19.6 Å². The van der Waals surface area contributed by atoms with Crippen molar-refractivity contribution in [1.29, 1.82) is 0 Å². The van der Waals surface area contributed by atoms with Crippen LogP contribution in [0.3, 0.4) is 0 Å². The second-order valence-electron chi connectivity index (χ2n) is 4.49. The van der Waals surface area contributed by atoms with E-state index in [4.69, 9.17) is 0 Å². The van der Waals surface area contributed by atoms with E-state index in [0.717, 1.165) is 44.6 Å². The topological polar surface area (TPSA) is 32.3 Å². The molecule has 3 heteroatoms. The zero-order valence-corrected chi connectivity index (χ0v) is 10.6. The molecular formula is C13H24N2O. The van der Waals surface area contributed by atoms with Crippen molar-refractivity contribution in [2.24, 2.45) is 0 Å². The van der Waals surface area contributed by atoms with Gasteiger partial charge in [-0.15, -0.1) is 0 Å². The van der Waals surface area contributed by atoms with Gasteiger partial charge in [0.15, 0.2) is 0 Å². The van der Waals surface area contributed by atoms with Crippen LogP contribution in [-0.2, 0) is 4.79 Å². The molecule has 0 aromatic carbocycles. The number of carbonyl (C=O) groups is 1. The SMILES string of the molecule is CCCCNC(C)=CC(=O)N1CCCCC1. The van der Waals surface area contributed by atoms with Crippen LogP contribution in [0.1, 0.15) is 46.0 Å². The second-order valence-corrected chi connectivity index (χ2v) is 4.49. The molecule has 0 spiro atoms. The Bertz CT molecular complexity index is 242. The Morgan fingerprint density at radius 3 is 2.62 bits per heavy atom. The fraction of sp³-hybridized carbons (Fsp3) is 0.769. The summed E-state index contributed by atoms with van der Waals surface area (Å²) in [5.41, 5.74) is 0.990. The summed E-state index contributed by atoms with van der Waals surface area (Å²) in [7, 11) is 0. The molecule has 1 amide bonds. The molecule has 0 saturated carbocycles. The molecule has 0 aromatic rings. The molecule has 1 aliphatic heterocycles. The van der Waals surface area contributed by atoms with Gasteiger partial charge in [0.1, 0.15) is 0 Å². The number of unbranched alkanes of at least 4 members (excludes halogenated alkanes) is 1. The summed E-state index contributed by atoms with van der Waals surface area (Å²) in [4.78, 5) is 13.8. The maximum absolute atomic E-state index is 11.9. The monoisotopic (exact) mass is 224 g/mol. The van der Waals surface area contributed by atoms with Crippen LogP contribution in [0, 0.1) is 0 Å². The number of likely N-dealkylation sites (tertiary alicyclic amines) is 1. The largest absolute Gasteiger partial charge is 0.388 e. The zero-order chi connectivity index (χ0) is 11.8. The lowest BCUT2D eigenvalue weighted by atomic mass is 10.1. The van der Waals surface area contributed by atoms with Crippen LogP contribution in [0.15, 0.2) is 11.8 Å². The van der Waals surface area contributed by atoms with E-state index in [1.807, 2.05) is 11.8 Å². The molecule has 92 valence electrons. The van der Waals surface area contributed by atoms with Crippen LogP contribution < -0.4 is 5.32 Å². The highest BCUT2D eigenvalue weighted by molar-refractivity contribution is 5.88. The van der Waals surface area contributed by atoms with Crippen LogP contribution in [0.4, 0.5) is 0 Å². The highest BCUT2D eigenvalue weighted by atomic mass is 16.2. The highest BCUT2D eigenvalue weighted by Crippen LogP contribution is 2.09. The van der Waals surface area contributed by atoms with E-state index < -0.39 is 0 Å².